The summed E-state index contributed by atoms with van der Waals surface area (Å²) in [6, 6.07) is 0.0611. The van der Waals surface area contributed by atoms with E-state index in [0.29, 0.717) is 5.92 Å². The van der Waals surface area contributed by atoms with Crippen molar-refractivity contribution in [1.82, 2.24) is 11.0 Å². The highest BCUT2D eigenvalue weighted by Crippen LogP contribution is 2.27. The number of halogens is 3. The van der Waals surface area contributed by atoms with Gasteiger partial charge in [0, 0.05) is 6.04 Å². The van der Waals surface area contributed by atoms with Gasteiger partial charge < -0.3 is 4.84 Å². The maximum absolute atomic E-state index is 11.7. The molecular formula is C9H15F3N2O2. The summed E-state index contributed by atoms with van der Waals surface area (Å²) in [6.45, 7) is 2.07. The van der Waals surface area contributed by atoms with Gasteiger partial charge >= 0.3 is 12.1 Å². The van der Waals surface area contributed by atoms with Gasteiger partial charge in [-0.25, -0.2) is 10.2 Å². The molecule has 4 nitrogen and oxygen atoms in total. The fourth-order valence-electron chi connectivity index (χ4n) is 1.79. The Morgan fingerprint density at radius 2 is 2.12 bits per heavy atom. The number of hydrogen-bond acceptors (Lipinski definition) is 4. The zero-order valence-corrected chi connectivity index (χ0v) is 8.93. The van der Waals surface area contributed by atoms with Gasteiger partial charge in [-0.3, -0.25) is 0 Å². The molecule has 0 aromatic rings. The predicted octanol–water partition coefficient (Wildman–Crippen LogP) is 1.68. The van der Waals surface area contributed by atoms with Crippen LogP contribution in [0.15, 0.2) is 0 Å². The summed E-state index contributed by atoms with van der Waals surface area (Å²) in [5.74, 6) is -1.65. The zero-order chi connectivity index (χ0) is 12.2. The molecule has 1 fully saturated rings. The number of alkyl halides is 3. The molecular weight excluding hydrogens is 225 g/mol. The Kier molecular flexibility index (Phi) is 4.55. The molecule has 0 radical (unpaired) electrons. The van der Waals surface area contributed by atoms with E-state index in [2.05, 4.69) is 17.2 Å². The van der Waals surface area contributed by atoms with Crippen LogP contribution in [0.3, 0.4) is 0 Å². The van der Waals surface area contributed by atoms with Gasteiger partial charge in [-0.05, 0) is 25.2 Å². The first-order valence-electron chi connectivity index (χ1n) is 5.22. The zero-order valence-electron chi connectivity index (χ0n) is 8.93. The molecule has 1 rings (SSSR count). The van der Waals surface area contributed by atoms with E-state index in [1.54, 1.807) is 0 Å². The summed E-state index contributed by atoms with van der Waals surface area (Å²) in [6.07, 6.45) is -1.11. The minimum atomic E-state index is -4.96. The first-order valence-corrected chi connectivity index (χ1v) is 5.22. The number of hydrazine groups is 1. The molecule has 7 heteroatoms. The van der Waals surface area contributed by atoms with Gasteiger partial charge in [-0.2, -0.15) is 13.2 Å². The first kappa shape index (κ1) is 13.2. The smallest absolute Gasteiger partial charge is 0.348 e. The van der Waals surface area contributed by atoms with Crippen LogP contribution < -0.4 is 11.0 Å². The number of hydrogen-bond donors (Lipinski definition) is 2. The highest BCUT2D eigenvalue weighted by Gasteiger charge is 2.41. The van der Waals surface area contributed by atoms with Gasteiger partial charge in [-0.1, -0.05) is 18.9 Å². The lowest BCUT2D eigenvalue weighted by Gasteiger charge is -2.13. The topological polar surface area (TPSA) is 50.4 Å². The van der Waals surface area contributed by atoms with Gasteiger partial charge in [0.25, 0.3) is 0 Å². The summed E-state index contributed by atoms with van der Waals surface area (Å²) < 4.78 is 35.2. The normalized spacial score (nSPS) is 25.8. The summed E-state index contributed by atoms with van der Waals surface area (Å²) >= 11 is 0. The van der Waals surface area contributed by atoms with Crippen LogP contribution in [0.1, 0.15) is 32.6 Å². The summed E-state index contributed by atoms with van der Waals surface area (Å²) in [7, 11) is 0. The van der Waals surface area contributed by atoms with E-state index >= 15 is 0 Å². The van der Waals surface area contributed by atoms with Crippen molar-refractivity contribution in [3.05, 3.63) is 0 Å². The average Bonchev–Trinajstić information content (AvgIpc) is 2.64. The van der Waals surface area contributed by atoms with Crippen LogP contribution in [0.4, 0.5) is 13.2 Å². The molecule has 0 aromatic carbocycles. The minimum absolute atomic E-state index is 0.0611. The molecule has 2 N–H and O–H groups in total. The molecule has 94 valence electrons. The van der Waals surface area contributed by atoms with Crippen molar-refractivity contribution >= 4 is 5.97 Å². The van der Waals surface area contributed by atoms with Crippen molar-refractivity contribution < 1.29 is 22.8 Å². The van der Waals surface area contributed by atoms with Crippen molar-refractivity contribution in [2.45, 2.75) is 44.8 Å². The lowest BCUT2D eigenvalue weighted by Crippen LogP contribution is -2.43. The summed E-state index contributed by atoms with van der Waals surface area (Å²) in [5, 5.41) is 0. The average molecular weight is 240 g/mol. The molecule has 2 atom stereocenters. The maximum Gasteiger partial charge on any atom is 0.492 e. The Hall–Kier alpha value is -0.820. The van der Waals surface area contributed by atoms with Crippen LogP contribution in [0, 0.1) is 5.92 Å². The highest BCUT2D eigenvalue weighted by atomic mass is 19.4. The Labute approximate surface area is 91.4 Å². The van der Waals surface area contributed by atoms with E-state index in [0.717, 1.165) is 25.7 Å². The molecule has 1 aliphatic rings. The second-order valence-electron chi connectivity index (χ2n) is 3.92. The Morgan fingerprint density at radius 3 is 2.62 bits per heavy atom. The van der Waals surface area contributed by atoms with Crippen LogP contribution in [0.5, 0.6) is 0 Å². The van der Waals surface area contributed by atoms with E-state index in [-0.39, 0.29) is 6.04 Å². The standard InChI is InChI=1S/C9H15F3N2O2/c1-2-6-3-4-7(5-6)13-14-16-8(15)9(10,11)12/h6-7,13-14H,2-5H2,1H3. The van der Waals surface area contributed by atoms with Gasteiger partial charge in [0.05, 0.1) is 0 Å². The molecule has 0 amide bonds. The second-order valence-corrected chi connectivity index (χ2v) is 3.92. The third-order valence-electron chi connectivity index (χ3n) is 2.76. The van der Waals surface area contributed by atoms with Crippen molar-refractivity contribution in [3.63, 3.8) is 0 Å². The third kappa shape index (κ3) is 3.97. The second kappa shape index (κ2) is 5.49. The van der Waals surface area contributed by atoms with Crippen LogP contribution in [-0.4, -0.2) is 18.2 Å². The van der Waals surface area contributed by atoms with E-state index in [9.17, 15) is 18.0 Å². The van der Waals surface area contributed by atoms with Crippen LogP contribution in [-0.2, 0) is 9.63 Å². The van der Waals surface area contributed by atoms with E-state index in [4.69, 9.17) is 0 Å². The molecule has 16 heavy (non-hydrogen) atoms. The molecule has 1 saturated carbocycles. The SMILES string of the molecule is CCC1CCC(NNOC(=O)C(F)(F)F)C1. The van der Waals surface area contributed by atoms with E-state index < -0.39 is 12.1 Å². The maximum atomic E-state index is 11.7. The minimum Gasteiger partial charge on any atom is -0.348 e. The van der Waals surface area contributed by atoms with Crippen molar-refractivity contribution in [2.24, 2.45) is 5.92 Å². The molecule has 0 spiro atoms. The van der Waals surface area contributed by atoms with E-state index in [1.165, 1.54) is 0 Å². The third-order valence-corrected chi connectivity index (χ3v) is 2.76. The largest absolute Gasteiger partial charge is 0.492 e. The molecule has 0 heterocycles. The predicted molar refractivity (Wildman–Crippen MR) is 49.8 cm³/mol. The van der Waals surface area contributed by atoms with Crippen LogP contribution in [0.2, 0.25) is 0 Å². The van der Waals surface area contributed by atoms with Crippen molar-refractivity contribution in [2.75, 3.05) is 0 Å². The van der Waals surface area contributed by atoms with Gasteiger partial charge in [-0.15, -0.1) is 0 Å². The van der Waals surface area contributed by atoms with E-state index in [1.807, 2.05) is 5.59 Å². The lowest BCUT2D eigenvalue weighted by molar-refractivity contribution is -0.209. The lowest BCUT2D eigenvalue weighted by atomic mass is 10.1. The number of rotatable bonds is 4. The molecule has 0 aromatic heterocycles. The van der Waals surface area contributed by atoms with Gasteiger partial charge in [0.2, 0.25) is 0 Å². The van der Waals surface area contributed by atoms with Gasteiger partial charge in [0.15, 0.2) is 0 Å². The van der Waals surface area contributed by atoms with Crippen molar-refractivity contribution in [1.29, 1.82) is 0 Å². The molecule has 0 bridgehead atoms. The quantitative estimate of drug-likeness (QED) is 0.734. The Balaban J connectivity index is 2.15. The Bertz CT molecular complexity index is 245. The molecule has 2 unspecified atom stereocenters. The molecule has 1 aliphatic carbocycles. The van der Waals surface area contributed by atoms with Crippen LogP contribution >= 0.6 is 0 Å². The Morgan fingerprint density at radius 1 is 1.44 bits per heavy atom. The monoisotopic (exact) mass is 240 g/mol. The number of carbonyl (C=O) groups is 1. The fraction of sp³-hybridized carbons (Fsp3) is 0.889. The summed E-state index contributed by atoms with van der Waals surface area (Å²) in [4.78, 5) is 14.1. The van der Waals surface area contributed by atoms with Crippen molar-refractivity contribution in [3.8, 4) is 0 Å². The number of nitrogens with one attached hydrogen (secondary N) is 2. The van der Waals surface area contributed by atoms with Crippen LogP contribution in [0.25, 0.3) is 0 Å². The number of carbonyl (C=O) groups excluding carboxylic acids is 1. The van der Waals surface area contributed by atoms with Gasteiger partial charge in [0.1, 0.15) is 0 Å². The molecule has 0 saturated heterocycles. The summed E-state index contributed by atoms with van der Waals surface area (Å²) in [5.41, 5.74) is 4.41. The molecule has 0 aliphatic heterocycles. The first-order chi connectivity index (χ1) is 7.43. The highest BCUT2D eigenvalue weighted by molar-refractivity contribution is 5.75. The fourth-order valence-corrected chi connectivity index (χ4v) is 1.79.